The number of para-hydroxylation sites is 1. The maximum absolute atomic E-state index is 11.4. The lowest BCUT2D eigenvalue weighted by atomic mass is 10.2. The van der Waals surface area contributed by atoms with Gasteiger partial charge in [0.05, 0.1) is 5.52 Å². The highest BCUT2D eigenvalue weighted by molar-refractivity contribution is 5.96. The van der Waals surface area contributed by atoms with Gasteiger partial charge >= 0.3 is 5.97 Å². The number of aromatic nitrogens is 3. The van der Waals surface area contributed by atoms with Crippen LogP contribution in [0.3, 0.4) is 0 Å². The van der Waals surface area contributed by atoms with Crippen LogP contribution in [0.4, 0.5) is 0 Å². The predicted octanol–water partition coefficient (Wildman–Crippen LogP) is 2.25. The van der Waals surface area contributed by atoms with Gasteiger partial charge in [-0.2, -0.15) is 4.98 Å². The Morgan fingerprint density at radius 3 is 2.72 bits per heavy atom. The molecule has 0 saturated carbocycles. The molecular weight excluding hydrogens is 370 g/mol. The zero-order chi connectivity index (χ0) is 20.4. The summed E-state index contributed by atoms with van der Waals surface area (Å²) in [5.41, 5.74) is 0.939. The van der Waals surface area contributed by atoms with Gasteiger partial charge in [0, 0.05) is 63.8 Å². The summed E-state index contributed by atoms with van der Waals surface area (Å²) in [4.78, 5) is 25.1. The van der Waals surface area contributed by atoms with Crippen LogP contribution in [0.15, 0.2) is 36.5 Å². The summed E-state index contributed by atoms with van der Waals surface area (Å²) in [6.45, 7) is 5.22. The molecule has 1 fully saturated rings. The first-order chi connectivity index (χ1) is 14.0. The van der Waals surface area contributed by atoms with E-state index in [0.29, 0.717) is 11.6 Å². The normalized spacial score (nSPS) is 15.7. The van der Waals surface area contributed by atoms with Crippen LogP contribution in [0, 0.1) is 0 Å². The van der Waals surface area contributed by atoms with Crippen LogP contribution in [0.5, 0.6) is 11.6 Å². The van der Waals surface area contributed by atoms with Gasteiger partial charge in [0.15, 0.2) is 5.75 Å². The van der Waals surface area contributed by atoms with E-state index in [9.17, 15) is 9.90 Å². The Morgan fingerprint density at radius 1 is 1.17 bits per heavy atom. The molecule has 0 spiro atoms. The second-order valence-corrected chi connectivity index (χ2v) is 7.40. The number of carbonyl (C=O) groups is 1. The number of carboxylic acid groups (broad SMARTS) is 1. The Hall–Kier alpha value is -2.97. The zero-order valence-electron chi connectivity index (χ0n) is 16.7. The number of ether oxygens (including phenoxy) is 1. The molecule has 3 heterocycles. The molecule has 1 aliphatic rings. The first kappa shape index (κ1) is 19.4. The van der Waals surface area contributed by atoms with Crippen molar-refractivity contribution in [3.63, 3.8) is 0 Å². The summed E-state index contributed by atoms with van der Waals surface area (Å²) in [7, 11) is 3.87. The van der Waals surface area contributed by atoms with Crippen LogP contribution in [0.25, 0.3) is 10.9 Å². The first-order valence-corrected chi connectivity index (χ1v) is 9.73. The van der Waals surface area contributed by atoms with Gasteiger partial charge < -0.3 is 24.2 Å². The monoisotopic (exact) mass is 395 g/mol. The van der Waals surface area contributed by atoms with Gasteiger partial charge in [-0.15, -0.1) is 0 Å². The Balaban J connectivity index is 1.50. The smallest absolute Gasteiger partial charge is 0.352 e. The number of hydrogen-bond acceptors (Lipinski definition) is 6. The number of benzene rings is 1. The van der Waals surface area contributed by atoms with E-state index in [-0.39, 0.29) is 5.69 Å². The number of carboxylic acids is 1. The minimum Gasteiger partial charge on any atom is -0.477 e. The van der Waals surface area contributed by atoms with Crippen LogP contribution in [0.1, 0.15) is 16.3 Å². The van der Waals surface area contributed by atoms with E-state index in [1.165, 1.54) is 0 Å². The lowest BCUT2D eigenvalue weighted by Gasteiger charge is -2.32. The summed E-state index contributed by atoms with van der Waals surface area (Å²) >= 11 is 0. The van der Waals surface area contributed by atoms with Crippen LogP contribution in [-0.2, 0) is 13.5 Å². The van der Waals surface area contributed by atoms with Gasteiger partial charge in [0.1, 0.15) is 11.5 Å². The molecule has 0 radical (unpaired) electrons. The molecule has 0 amide bonds. The topological polar surface area (TPSA) is 83.7 Å². The molecule has 152 valence electrons. The van der Waals surface area contributed by atoms with Crippen molar-refractivity contribution in [1.82, 2.24) is 24.3 Å². The highest BCUT2D eigenvalue weighted by Crippen LogP contribution is 2.31. The number of fused-ring (bicyclic) bond motifs is 1. The largest absolute Gasteiger partial charge is 0.477 e. The molecule has 1 aliphatic heterocycles. The summed E-state index contributed by atoms with van der Waals surface area (Å²) in [5.74, 6) is 0.801. The van der Waals surface area contributed by atoms with Gasteiger partial charge in [0.25, 0.3) is 0 Å². The molecule has 2 aromatic heterocycles. The SMILES string of the molecule is CN1CCN(CCc2nccc(Oc3cccc4cc(C(=O)O)n(C)c34)n2)CC1. The first-order valence-electron chi connectivity index (χ1n) is 9.73. The fourth-order valence-corrected chi connectivity index (χ4v) is 3.67. The van der Waals surface area contributed by atoms with E-state index >= 15 is 0 Å². The van der Waals surface area contributed by atoms with Gasteiger partial charge in [-0.25, -0.2) is 9.78 Å². The van der Waals surface area contributed by atoms with Crippen molar-refractivity contribution in [2.45, 2.75) is 6.42 Å². The fraction of sp³-hybridized carbons (Fsp3) is 0.381. The van der Waals surface area contributed by atoms with Gasteiger partial charge in [0.2, 0.25) is 5.88 Å². The summed E-state index contributed by atoms with van der Waals surface area (Å²) in [5, 5.41) is 10.2. The van der Waals surface area contributed by atoms with E-state index in [4.69, 9.17) is 4.74 Å². The van der Waals surface area contributed by atoms with E-state index in [1.54, 1.807) is 29.9 Å². The quantitative estimate of drug-likeness (QED) is 0.685. The third kappa shape index (κ3) is 4.23. The minimum absolute atomic E-state index is 0.214. The molecule has 0 unspecified atom stereocenters. The number of aromatic carboxylic acids is 1. The highest BCUT2D eigenvalue weighted by atomic mass is 16.5. The Labute approximate surface area is 169 Å². The van der Waals surface area contributed by atoms with Crippen LogP contribution in [-0.4, -0.2) is 75.2 Å². The summed E-state index contributed by atoms with van der Waals surface area (Å²) in [6.07, 6.45) is 2.47. The maximum atomic E-state index is 11.4. The second kappa shape index (κ2) is 8.18. The number of piperazine rings is 1. The molecule has 1 N–H and O–H groups in total. The molecule has 0 bridgehead atoms. The average molecular weight is 395 g/mol. The van der Waals surface area contributed by atoms with Gasteiger partial charge in [-0.3, -0.25) is 0 Å². The zero-order valence-corrected chi connectivity index (χ0v) is 16.7. The van der Waals surface area contributed by atoms with Crippen molar-refractivity contribution in [3.05, 3.63) is 48.0 Å². The Bertz CT molecular complexity index is 1020. The van der Waals surface area contributed by atoms with Crippen molar-refractivity contribution in [2.24, 2.45) is 7.05 Å². The van der Waals surface area contributed by atoms with Crippen LogP contribution < -0.4 is 4.74 Å². The molecule has 29 heavy (non-hydrogen) atoms. The van der Waals surface area contributed by atoms with Crippen molar-refractivity contribution in [2.75, 3.05) is 39.8 Å². The standard InChI is InChI=1S/C21H25N5O3/c1-24-10-12-26(13-11-24)9-7-18-22-8-6-19(23-18)29-17-5-3-4-15-14-16(21(27)28)25(2)20(15)17/h3-6,8,14H,7,9-13H2,1-2H3,(H,27,28). The molecule has 0 atom stereocenters. The van der Waals surface area contributed by atoms with Gasteiger partial charge in [-0.05, 0) is 19.2 Å². The van der Waals surface area contributed by atoms with Crippen LogP contribution in [0.2, 0.25) is 0 Å². The molecule has 1 aromatic carbocycles. The molecular formula is C21H25N5O3. The average Bonchev–Trinajstić information content (AvgIpc) is 3.06. The lowest BCUT2D eigenvalue weighted by molar-refractivity contribution is 0.0687. The number of nitrogens with zero attached hydrogens (tertiary/aromatic N) is 5. The Kier molecular flexibility index (Phi) is 5.46. The van der Waals surface area contributed by atoms with E-state index in [2.05, 4.69) is 26.8 Å². The third-order valence-corrected chi connectivity index (χ3v) is 5.38. The molecule has 0 aliphatic carbocycles. The predicted molar refractivity (Wildman–Crippen MR) is 110 cm³/mol. The number of hydrogen-bond donors (Lipinski definition) is 1. The van der Waals surface area contributed by atoms with E-state index in [0.717, 1.165) is 55.9 Å². The van der Waals surface area contributed by atoms with Crippen molar-refractivity contribution < 1.29 is 14.6 Å². The molecule has 1 saturated heterocycles. The maximum Gasteiger partial charge on any atom is 0.352 e. The molecule has 8 nitrogen and oxygen atoms in total. The minimum atomic E-state index is -0.970. The lowest BCUT2D eigenvalue weighted by Crippen LogP contribution is -2.45. The van der Waals surface area contributed by atoms with Crippen LogP contribution >= 0.6 is 0 Å². The number of rotatable bonds is 6. The second-order valence-electron chi connectivity index (χ2n) is 7.40. The Morgan fingerprint density at radius 2 is 1.97 bits per heavy atom. The van der Waals surface area contributed by atoms with E-state index in [1.807, 2.05) is 18.2 Å². The number of aryl methyl sites for hydroxylation is 1. The molecule has 8 heteroatoms. The van der Waals surface area contributed by atoms with Crippen molar-refractivity contribution in [1.29, 1.82) is 0 Å². The fourth-order valence-electron chi connectivity index (χ4n) is 3.67. The number of likely N-dealkylation sites (N-methyl/N-ethyl adjacent to an activating group) is 1. The highest BCUT2D eigenvalue weighted by Gasteiger charge is 2.17. The molecule has 4 rings (SSSR count). The van der Waals surface area contributed by atoms with Gasteiger partial charge in [-0.1, -0.05) is 12.1 Å². The third-order valence-electron chi connectivity index (χ3n) is 5.38. The summed E-state index contributed by atoms with van der Waals surface area (Å²) in [6, 6.07) is 8.90. The van der Waals surface area contributed by atoms with Crippen molar-refractivity contribution in [3.8, 4) is 11.6 Å². The molecule has 3 aromatic rings. The van der Waals surface area contributed by atoms with Crippen molar-refractivity contribution >= 4 is 16.9 Å². The summed E-state index contributed by atoms with van der Waals surface area (Å²) < 4.78 is 7.65. The van der Waals surface area contributed by atoms with E-state index < -0.39 is 5.97 Å².